The van der Waals surface area contributed by atoms with E-state index in [9.17, 15) is 4.39 Å². The monoisotopic (exact) mass is 334 g/mol. The highest BCUT2D eigenvalue weighted by Gasteiger charge is 1.96. The summed E-state index contributed by atoms with van der Waals surface area (Å²) in [6.07, 6.45) is 7.61. The predicted molar refractivity (Wildman–Crippen MR) is 106 cm³/mol. The molecule has 0 unspecified atom stereocenters. The SMILES string of the molecule is CCCCC(F)=Cc1ccc(C#Cc2ccc(CCCC)cc2)cc1. The molecule has 130 valence electrons. The molecule has 0 atom stereocenters. The second-order valence-electron chi connectivity index (χ2n) is 6.37. The number of hydrogen-bond donors (Lipinski definition) is 0. The molecule has 2 aromatic rings. The van der Waals surface area contributed by atoms with Gasteiger partial charge in [-0.05, 0) is 67.2 Å². The van der Waals surface area contributed by atoms with E-state index < -0.39 is 0 Å². The molecule has 2 aromatic carbocycles. The van der Waals surface area contributed by atoms with Crippen molar-refractivity contribution in [2.45, 2.75) is 52.4 Å². The zero-order valence-corrected chi connectivity index (χ0v) is 15.3. The first-order chi connectivity index (χ1) is 12.2. The van der Waals surface area contributed by atoms with E-state index >= 15 is 0 Å². The molecule has 0 aliphatic rings. The molecular formula is C24H27F. The Kier molecular flexibility index (Phi) is 7.99. The van der Waals surface area contributed by atoms with Crippen LogP contribution in [0.1, 0.15) is 68.2 Å². The van der Waals surface area contributed by atoms with E-state index in [1.807, 2.05) is 24.3 Å². The molecule has 0 aliphatic heterocycles. The molecule has 0 saturated carbocycles. The van der Waals surface area contributed by atoms with Crippen LogP contribution in [-0.4, -0.2) is 0 Å². The fourth-order valence-electron chi connectivity index (χ4n) is 2.54. The summed E-state index contributed by atoms with van der Waals surface area (Å²) < 4.78 is 13.7. The number of aryl methyl sites for hydroxylation is 1. The molecule has 0 spiro atoms. The van der Waals surface area contributed by atoms with Crippen LogP contribution < -0.4 is 0 Å². The standard InChI is InChI=1S/C24H27F/c1-3-5-7-20-9-11-21(12-10-20)13-14-22-15-17-23(18-16-22)19-24(25)8-6-4-2/h9-12,15-19H,3-8H2,1-2H3. The van der Waals surface area contributed by atoms with Crippen molar-refractivity contribution < 1.29 is 4.39 Å². The van der Waals surface area contributed by atoms with Crippen molar-refractivity contribution in [3.05, 3.63) is 76.6 Å². The lowest BCUT2D eigenvalue weighted by atomic mass is 10.1. The molecule has 0 fully saturated rings. The Morgan fingerprint density at radius 2 is 1.40 bits per heavy atom. The Balaban J connectivity index is 1.98. The lowest BCUT2D eigenvalue weighted by Gasteiger charge is -1.99. The van der Waals surface area contributed by atoms with Gasteiger partial charge in [-0.15, -0.1) is 0 Å². The smallest absolute Gasteiger partial charge is 0.101 e. The molecule has 0 radical (unpaired) electrons. The minimum absolute atomic E-state index is 0.0520. The van der Waals surface area contributed by atoms with Crippen LogP contribution in [0.25, 0.3) is 6.08 Å². The van der Waals surface area contributed by atoms with Gasteiger partial charge in [0.15, 0.2) is 0 Å². The molecule has 2 rings (SSSR count). The van der Waals surface area contributed by atoms with Crippen molar-refractivity contribution in [1.29, 1.82) is 0 Å². The summed E-state index contributed by atoms with van der Waals surface area (Å²) in [5.41, 5.74) is 4.23. The third-order valence-corrected chi connectivity index (χ3v) is 4.13. The summed E-state index contributed by atoms with van der Waals surface area (Å²) >= 11 is 0. The van der Waals surface area contributed by atoms with Gasteiger partial charge in [0, 0.05) is 11.1 Å². The van der Waals surface area contributed by atoms with Crippen molar-refractivity contribution in [1.82, 2.24) is 0 Å². The minimum Gasteiger partial charge on any atom is -0.212 e. The number of hydrogen-bond acceptors (Lipinski definition) is 0. The number of unbranched alkanes of at least 4 members (excludes halogenated alkanes) is 2. The van der Waals surface area contributed by atoms with Crippen molar-refractivity contribution in [2.75, 3.05) is 0 Å². The first-order valence-electron chi connectivity index (χ1n) is 9.28. The lowest BCUT2D eigenvalue weighted by molar-refractivity contribution is 0.577. The summed E-state index contributed by atoms with van der Waals surface area (Å²) in [4.78, 5) is 0. The highest BCUT2D eigenvalue weighted by Crippen LogP contribution is 2.14. The van der Waals surface area contributed by atoms with Crippen molar-refractivity contribution in [3.63, 3.8) is 0 Å². The van der Waals surface area contributed by atoms with Crippen molar-refractivity contribution >= 4 is 6.08 Å². The van der Waals surface area contributed by atoms with E-state index in [2.05, 4.69) is 50.0 Å². The van der Waals surface area contributed by atoms with Gasteiger partial charge >= 0.3 is 0 Å². The fraction of sp³-hybridized carbons (Fsp3) is 0.333. The average Bonchev–Trinajstić information content (AvgIpc) is 2.65. The third kappa shape index (κ3) is 6.98. The maximum atomic E-state index is 13.7. The molecule has 0 bridgehead atoms. The van der Waals surface area contributed by atoms with Crippen LogP contribution in [0.5, 0.6) is 0 Å². The highest BCUT2D eigenvalue weighted by atomic mass is 19.1. The zero-order valence-electron chi connectivity index (χ0n) is 15.3. The van der Waals surface area contributed by atoms with Crippen LogP contribution in [0.3, 0.4) is 0 Å². The first-order valence-corrected chi connectivity index (χ1v) is 9.28. The predicted octanol–water partition coefficient (Wildman–Crippen LogP) is 6.93. The van der Waals surface area contributed by atoms with Crippen LogP contribution in [0, 0.1) is 11.8 Å². The van der Waals surface area contributed by atoms with Crippen LogP contribution >= 0.6 is 0 Å². The molecule has 0 saturated heterocycles. The molecule has 0 amide bonds. The number of rotatable bonds is 7. The zero-order chi connectivity index (χ0) is 17.9. The summed E-state index contributed by atoms with van der Waals surface area (Å²) in [6.45, 7) is 4.28. The second-order valence-corrected chi connectivity index (χ2v) is 6.37. The van der Waals surface area contributed by atoms with E-state index in [0.29, 0.717) is 6.42 Å². The lowest BCUT2D eigenvalue weighted by Crippen LogP contribution is -1.84. The van der Waals surface area contributed by atoms with E-state index in [0.717, 1.165) is 36.0 Å². The van der Waals surface area contributed by atoms with E-state index in [4.69, 9.17) is 0 Å². The van der Waals surface area contributed by atoms with E-state index in [1.165, 1.54) is 18.4 Å². The summed E-state index contributed by atoms with van der Waals surface area (Å²) in [6, 6.07) is 16.2. The summed E-state index contributed by atoms with van der Waals surface area (Å²) in [5, 5.41) is 0. The molecule has 0 aliphatic carbocycles. The van der Waals surface area contributed by atoms with Crippen molar-refractivity contribution in [2.24, 2.45) is 0 Å². The summed E-state index contributed by atoms with van der Waals surface area (Å²) in [7, 11) is 0. The molecule has 1 heteroatoms. The van der Waals surface area contributed by atoms with E-state index in [-0.39, 0.29) is 5.83 Å². The topological polar surface area (TPSA) is 0 Å². The first kappa shape index (κ1) is 19.0. The fourth-order valence-corrected chi connectivity index (χ4v) is 2.54. The van der Waals surface area contributed by atoms with Crippen LogP contribution in [0.2, 0.25) is 0 Å². The largest absolute Gasteiger partial charge is 0.212 e. The van der Waals surface area contributed by atoms with Gasteiger partial charge < -0.3 is 0 Å². The highest BCUT2D eigenvalue weighted by molar-refractivity contribution is 5.53. The maximum Gasteiger partial charge on any atom is 0.101 e. The normalized spacial score (nSPS) is 11.1. The molecule has 0 aromatic heterocycles. The third-order valence-electron chi connectivity index (χ3n) is 4.13. The second kappa shape index (κ2) is 10.5. The number of allylic oxidation sites excluding steroid dienone is 1. The van der Waals surface area contributed by atoms with Gasteiger partial charge in [-0.2, -0.15) is 0 Å². The Labute approximate surface area is 151 Å². The van der Waals surface area contributed by atoms with E-state index in [1.54, 1.807) is 6.08 Å². The number of halogens is 1. The number of benzene rings is 2. The van der Waals surface area contributed by atoms with Crippen molar-refractivity contribution in [3.8, 4) is 11.8 Å². The van der Waals surface area contributed by atoms with Gasteiger partial charge in [-0.1, -0.05) is 62.8 Å². The molecule has 25 heavy (non-hydrogen) atoms. The Bertz CT molecular complexity index is 724. The van der Waals surface area contributed by atoms with Crippen LogP contribution in [0.4, 0.5) is 4.39 Å². The molecular weight excluding hydrogens is 307 g/mol. The van der Waals surface area contributed by atoms with Crippen LogP contribution in [-0.2, 0) is 6.42 Å². The van der Waals surface area contributed by atoms with Crippen LogP contribution in [0.15, 0.2) is 54.4 Å². The summed E-state index contributed by atoms with van der Waals surface area (Å²) in [5.74, 6) is 6.31. The van der Waals surface area contributed by atoms with Gasteiger partial charge in [0.05, 0.1) is 0 Å². The Morgan fingerprint density at radius 3 is 1.96 bits per heavy atom. The Hall–Kier alpha value is -2.33. The molecule has 0 N–H and O–H groups in total. The van der Waals surface area contributed by atoms with Gasteiger partial charge in [-0.25, -0.2) is 4.39 Å². The maximum absolute atomic E-state index is 13.7. The molecule has 0 heterocycles. The minimum atomic E-state index is -0.0520. The van der Waals surface area contributed by atoms with Gasteiger partial charge in [0.25, 0.3) is 0 Å². The average molecular weight is 334 g/mol. The quantitative estimate of drug-likeness (QED) is 0.482. The van der Waals surface area contributed by atoms with Gasteiger partial charge in [-0.3, -0.25) is 0 Å². The Morgan fingerprint density at radius 1 is 0.840 bits per heavy atom. The van der Waals surface area contributed by atoms with Gasteiger partial charge in [0.1, 0.15) is 5.83 Å². The van der Waals surface area contributed by atoms with Gasteiger partial charge in [0.2, 0.25) is 0 Å². The molecule has 0 nitrogen and oxygen atoms in total.